The molecule has 0 aromatic heterocycles. The van der Waals surface area contributed by atoms with Gasteiger partial charge in [0.1, 0.15) is 6.04 Å². The average Bonchev–Trinajstić information content (AvgIpc) is 2.39. The molecule has 4 bridgehead atoms. The van der Waals surface area contributed by atoms with Crippen molar-refractivity contribution in [2.24, 2.45) is 23.2 Å². The quantitative estimate of drug-likeness (QED) is 0.715. The predicted octanol–water partition coefficient (Wildman–Crippen LogP) is 3.75. The summed E-state index contributed by atoms with van der Waals surface area (Å²) in [5.74, 6) is 3.12. The second kappa shape index (κ2) is 4.60. The molecule has 0 spiro atoms. The van der Waals surface area contributed by atoms with Crippen LogP contribution in [0.3, 0.4) is 0 Å². The van der Waals surface area contributed by atoms with Gasteiger partial charge in [0.05, 0.1) is 6.07 Å². The van der Waals surface area contributed by atoms with Gasteiger partial charge in [-0.1, -0.05) is 11.6 Å². The van der Waals surface area contributed by atoms with Gasteiger partial charge >= 0.3 is 0 Å². The molecule has 0 aromatic carbocycles. The summed E-state index contributed by atoms with van der Waals surface area (Å²) in [6.45, 7) is 0.972. The Balaban J connectivity index is 1.51. The van der Waals surface area contributed by atoms with Crippen LogP contribution < -0.4 is 0 Å². The average molecular weight is 270 g/mol. The lowest BCUT2D eigenvalue weighted by Crippen LogP contribution is -2.46. The van der Waals surface area contributed by atoms with E-state index in [0.29, 0.717) is 5.41 Å². The van der Waals surface area contributed by atoms with E-state index in [-0.39, 0.29) is 6.04 Å². The van der Waals surface area contributed by atoms with Crippen LogP contribution >= 0.6 is 0 Å². The molecule has 2 heteroatoms. The summed E-state index contributed by atoms with van der Waals surface area (Å²) in [4.78, 5) is 2.18. The van der Waals surface area contributed by atoms with E-state index in [1.807, 2.05) is 0 Å². The van der Waals surface area contributed by atoms with Gasteiger partial charge in [0, 0.05) is 6.54 Å². The monoisotopic (exact) mass is 270 g/mol. The Morgan fingerprint density at radius 1 is 1.20 bits per heavy atom. The Labute approximate surface area is 122 Å². The highest BCUT2D eigenvalue weighted by Crippen LogP contribution is 2.62. The first-order chi connectivity index (χ1) is 9.66. The van der Waals surface area contributed by atoms with E-state index in [9.17, 15) is 5.26 Å². The van der Waals surface area contributed by atoms with E-state index < -0.39 is 0 Å². The number of rotatable bonds is 2. The topological polar surface area (TPSA) is 27.0 Å². The fourth-order valence-corrected chi connectivity index (χ4v) is 6.16. The van der Waals surface area contributed by atoms with E-state index in [1.165, 1.54) is 44.9 Å². The summed E-state index contributed by atoms with van der Waals surface area (Å²) < 4.78 is 0. The van der Waals surface area contributed by atoms with Crippen LogP contribution in [0.4, 0.5) is 0 Å². The van der Waals surface area contributed by atoms with E-state index in [2.05, 4.69) is 24.1 Å². The van der Waals surface area contributed by atoms with E-state index in [0.717, 1.165) is 30.7 Å². The number of hydrogen-bond donors (Lipinski definition) is 0. The minimum Gasteiger partial charge on any atom is -0.287 e. The Hall–Kier alpha value is -0.810. The van der Waals surface area contributed by atoms with E-state index in [4.69, 9.17) is 0 Å². The maximum atomic E-state index is 9.29. The Morgan fingerprint density at radius 2 is 1.80 bits per heavy atom. The molecule has 1 heterocycles. The van der Waals surface area contributed by atoms with Crippen molar-refractivity contribution in [3.05, 3.63) is 11.6 Å². The van der Waals surface area contributed by atoms with Crippen LogP contribution in [-0.2, 0) is 0 Å². The third kappa shape index (κ3) is 2.11. The van der Waals surface area contributed by atoms with Crippen LogP contribution in [0.1, 0.15) is 51.4 Å². The van der Waals surface area contributed by atoms with Gasteiger partial charge in [-0.15, -0.1) is 0 Å². The molecule has 2 nitrogen and oxygen atoms in total. The zero-order valence-electron chi connectivity index (χ0n) is 12.6. The number of nitrogens with zero attached hydrogens (tertiary/aromatic N) is 2. The first-order valence-electron chi connectivity index (χ1n) is 8.43. The largest absolute Gasteiger partial charge is 0.287 e. The van der Waals surface area contributed by atoms with Crippen LogP contribution in [0.2, 0.25) is 0 Å². The second-order valence-electron chi connectivity index (χ2n) is 8.25. The lowest BCUT2D eigenvalue weighted by atomic mass is 9.48. The van der Waals surface area contributed by atoms with Gasteiger partial charge in [0.2, 0.25) is 0 Å². The summed E-state index contributed by atoms with van der Waals surface area (Å²) in [6, 6.07) is 2.59. The fourth-order valence-electron chi connectivity index (χ4n) is 6.16. The summed E-state index contributed by atoms with van der Waals surface area (Å²) in [7, 11) is 2.08. The van der Waals surface area contributed by atoms with Crippen molar-refractivity contribution in [3.63, 3.8) is 0 Å². The smallest absolute Gasteiger partial charge is 0.102 e. The van der Waals surface area contributed by atoms with E-state index in [1.54, 1.807) is 5.57 Å². The zero-order chi connectivity index (χ0) is 13.7. The Bertz CT molecular complexity index is 435. The SMILES string of the molecule is CN1CC=C(CC23CC4CC(CC(C4)C2)C3)CC1C#N. The molecule has 0 amide bonds. The highest BCUT2D eigenvalue weighted by molar-refractivity contribution is 5.18. The first kappa shape index (κ1) is 12.9. The molecule has 4 saturated carbocycles. The highest BCUT2D eigenvalue weighted by Gasteiger charge is 2.50. The van der Waals surface area contributed by atoms with Gasteiger partial charge in [-0.2, -0.15) is 5.26 Å². The normalized spacial score (nSPS) is 47.1. The van der Waals surface area contributed by atoms with Crippen molar-refractivity contribution in [1.29, 1.82) is 5.26 Å². The summed E-state index contributed by atoms with van der Waals surface area (Å²) in [5.41, 5.74) is 2.23. The lowest BCUT2D eigenvalue weighted by Gasteiger charge is -2.57. The van der Waals surface area contributed by atoms with Gasteiger partial charge in [-0.05, 0) is 81.6 Å². The van der Waals surface area contributed by atoms with Gasteiger partial charge in [0.15, 0.2) is 0 Å². The van der Waals surface area contributed by atoms with Crippen molar-refractivity contribution < 1.29 is 0 Å². The summed E-state index contributed by atoms with van der Waals surface area (Å²) >= 11 is 0. The van der Waals surface area contributed by atoms with Gasteiger partial charge in [-0.25, -0.2) is 0 Å². The van der Waals surface area contributed by atoms with Crippen LogP contribution in [-0.4, -0.2) is 24.5 Å². The second-order valence-corrected chi connectivity index (χ2v) is 8.25. The Kier molecular flexibility index (Phi) is 2.96. The minimum absolute atomic E-state index is 0.115. The maximum absolute atomic E-state index is 9.29. The summed E-state index contributed by atoms with van der Waals surface area (Å²) in [6.07, 6.45) is 13.8. The lowest BCUT2D eigenvalue weighted by molar-refractivity contribution is -0.0528. The molecule has 5 rings (SSSR count). The number of nitriles is 1. The van der Waals surface area contributed by atoms with E-state index >= 15 is 0 Å². The first-order valence-corrected chi connectivity index (χ1v) is 8.43. The molecule has 1 atom stereocenters. The van der Waals surface area contributed by atoms with Crippen molar-refractivity contribution in [3.8, 4) is 6.07 Å². The van der Waals surface area contributed by atoms with Crippen LogP contribution in [0.25, 0.3) is 0 Å². The molecular weight excluding hydrogens is 244 g/mol. The molecule has 4 fully saturated rings. The van der Waals surface area contributed by atoms with Gasteiger partial charge in [-0.3, -0.25) is 4.90 Å². The van der Waals surface area contributed by atoms with Crippen molar-refractivity contribution in [2.75, 3.05) is 13.6 Å². The highest BCUT2D eigenvalue weighted by atomic mass is 15.1. The molecule has 0 N–H and O–H groups in total. The molecule has 0 radical (unpaired) electrons. The third-order valence-electron chi connectivity index (χ3n) is 6.57. The summed E-state index contributed by atoms with van der Waals surface area (Å²) in [5, 5.41) is 9.29. The minimum atomic E-state index is 0.115. The Morgan fingerprint density at radius 3 is 2.35 bits per heavy atom. The third-order valence-corrected chi connectivity index (χ3v) is 6.57. The maximum Gasteiger partial charge on any atom is 0.102 e. The molecule has 5 aliphatic rings. The fraction of sp³-hybridized carbons (Fsp3) is 0.833. The van der Waals surface area contributed by atoms with Crippen molar-refractivity contribution in [2.45, 2.75) is 57.4 Å². The predicted molar refractivity (Wildman–Crippen MR) is 80.0 cm³/mol. The molecule has 20 heavy (non-hydrogen) atoms. The molecule has 108 valence electrons. The van der Waals surface area contributed by atoms with Crippen LogP contribution in [0.15, 0.2) is 11.6 Å². The molecular formula is C18H26N2. The zero-order valence-corrected chi connectivity index (χ0v) is 12.6. The standard InChI is InChI=1S/C18H26N2/c1-20-3-2-13(7-17(20)12-19)8-18-9-14-4-15(10-18)6-16(5-14)11-18/h2,14-17H,3-11H2,1H3. The van der Waals surface area contributed by atoms with Gasteiger partial charge in [0.25, 0.3) is 0 Å². The van der Waals surface area contributed by atoms with Crippen molar-refractivity contribution >= 4 is 0 Å². The molecule has 4 aliphatic carbocycles. The molecule has 0 saturated heterocycles. The molecule has 0 aromatic rings. The number of hydrogen-bond acceptors (Lipinski definition) is 2. The van der Waals surface area contributed by atoms with Crippen LogP contribution in [0, 0.1) is 34.5 Å². The van der Waals surface area contributed by atoms with Gasteiger partial charge < -0.3 is 0 Å². The molecule has 1 aliphatic heterocycles. The van der Waals surface area contributed by atoms with Crippen molar-refractivity contribution in [1.82, 2.24) is 4.90 Å². The van der Waals surface area contributed by atoms with Crippen LogP contribution in [0.5, 0.6) is 0 Å². The molecule has 1 unspecified atom stereocenters. The number of likely N-dealkylation sites (N-methyl/N-ethyl adjacent to an activating group) is 1.